The van der Waals surface area contributed by atoms with E-state index in [1.807, 2.05) is 0 Å². The molecule has 1 aromatic heterocycles. The van der Waals surface area contributed by atoms with Gasteiger partial charge in [-0.3, -0.25) is 4.79 Å². The van der Waals surface area contributed by atoms with Gasteiger partial charge in [-0.2, -0.15) is 0 Å². The molecule has 0 spiro atoms. The van der Waals surface area contributed by atoms with Crippen molar-refractivity contribution in [1.82, 2.24) is 10.1 Å². The summed E-state index contributed by atoms with van der Waals surface area (Å²) in [7, 11) is 1.47. The summed E-state index contributed by atoms with van der Waals surface area (Å²) in [5.74, 6) is -2.01. The first-order chi connectivity index (χ1) is 16.3. The zero-order valence-electron chi connectivity index (χ0n) is 18.4. The number of aromatic nitrogens is 1. The molecule has 176 valence electrons. The molecule has 1 aliphatic rings. The third-order valence-corrected chi connectivity index (χ3v) is 6.04. The molecule has 2 aromatic carbocycles. The first kappa shape index (κ1) is 23.0. The van der Waals surface area contributed by atoms with Gasteiger partial charge in [0.15, 0.2) is 0 Å². The number of nitrogens with one attached hydrogen (secondary N) is 2. The Balaban J connectivity index is 1.41. The van der Waals surface area contributed by atoms with E-state index in [1.54, 1.807) is 24.3 Å². The molecule has 0 radical (unpaired) electrons. The van der Waals surface area contributed by atoms with Crippen molar-refractivity contribution in [2.75, 3.05) is 17.7 Å². The minimum Gasteiger partial charge on any atom is -0.479 e. The van der Waals surface area contributed by atoms with Crippen molar-refractivity contribution in [3.05, 3.63) is 66.2 Å². The number of benzene rings is 2. The van der Waals surface area contributed by atoms with Crippen LogP contribution in [-0.4, -0.2) is 45.7 Å². The Morgan fingerprint density at radius 3 is 2.12 bits per heavy atom. The average Bonchev–Trinajstić information content (AvgIpc) is 3.51. The standard InChI is InChI=1S/C24H23FN4O5/c1-29(24(22(31)32)12-2-3-13-24)21(30)20-14-19(28-34-20)15-4-8-17(9-5-15)26-23(33)27-18-10-6-16(25)7-11-18/h4-11,14H,2-3,12-13H2,1H3,(H,31,32)(H2,26,27,33). The third kappa shape index (κ3) is 4.61. The Labute approximate surface area is 194 Å². The number of likely N-dealkylation sites (N-methyl/N-ethyl adjacent to an activating group) is 1. The number of hydrogen-bond donors (Lipinski definition) is 3. The van der Waals surface area contributed by atoms with Crippen molar-refractivity contribution in [3.63, 3.8) is 0 Å². The smallest absolute Gasteiger partial charge is 0.329 e. The zero-order chi connectivity index (χ0) is 24.3. The fraction of sp³-hybridized carbons (Fsp3) is 0.250. The maximum Gasteiger partial charge on any atom is 0.329 e. The van der Waals surface area contributed by atoms with Crippen LogP contribution in [0.2, 0.25) is 0 Å². The van der Waals surface area contributed by atoms with Crippen LogP contribution in [0.25, 0.3) is 11.3 Å². The molecule has 0 bridgehead atoms. The molecule has 10 heteroatoms. The first-order valence-electron chi connectivity index (χ1n) is 10.7. The molecular weight excluding hydrogens is 443 g/mol. The van der Waals surface area contributed by atoms with Crippen LogP contribution in [-0.2, 0) is 4.79 Å². The van der Waals surface area contributed by atoms with Crippen molar-refractivity contribution in [1.29, 1.82) is 0 Å². The molecule has 3 N–H and O–H groups in total. The number of carbonyl (C=O) groups excluding carboxylic acids is 2. The van der Waals surface area contributed by atoms with E-state index in [2.05, 4.69) is 15.8 Å². The lowest BCUT2D eigenvalue weighted by molar-refractivity contribution is -0.148. The summed E-state index contributed by atoms with van der Waals surface area (Å²) in [6.07, 6.45) is 2.28. The summed E-state index contributed by atoms with van der Waals surface area (Å²) >= 11 is 0. The van der Waals surface area contributed by atoms with E-state index in [1.165, 1.54) is 42.3 Å². The van der Waals surface area contributed by atoms with Gasteiger partial charge in [-0.25, -0.2) is 14.0 Å². The van der Waals surface area contributed by atoms with Gasteiger partial charge in [0.05, 0.1) is 0 Å². The highest BCUT2D eigenvalue weighted by molar-refractivity contribution is 6.00. The van der Waals surface area contributed by atoms with Gasteiger partial charge in [-0.05, 0) is 49.2 Å². The molecular formula is C24H23FN4O5. The number of nitrogens with zero attached hydrogens (tertiary/aromatic N) is 2. The van der Waals surface area contributed by atoms with Gasteiger partial charge in [-0.1, -0.05) is 30.1 Å². The number of hydrogen-bond acceptors (Lipinski definition) is 5. The van der Waals surface area contributed by atoms with E-state index < -0.39 is 29.3 Å². The van der Waals surface area contributed by atoms with Gasteiger partial charge in [0.1, 0.15) is 17.1 Å². The second-order valence-electron chi connectivity index (χ2n) is 8.15. The summed E-state index contributed by atoms with van der Waals surface area (Å²) in [4.78, 5) is 38.1. The second kappa shape index (κ2) is 9.34. The largest absolute Gasteiger partial charge is 0.479 e. The van der Waals surface area contributed by atoms with Gasteiger partial charge < -0.3 is 25.2 Å². The normalized spacial score (nSPS) is 14.4. The number of anilines is 2. The highest BCUT2D eigenvalue weighted by Gasteiger charge is 2.47. The summed E-state index contributed by atoms with van der Waals surface area (Å²) in [6.45, 7) is 0. The van der Waals surface area contributed by atoms with E-state index in [0.717, 1.165) is 12.8 Å². The molecule has 1 aliphatic carbocycles. The number of amides is 3. The van der Waals surface area contributed by atoms with Crippen LogP contribution in [0.1, 0.15) is 36.2 Å². The van der Waals surface area contributed by atoms with Crippen molar-refractivity contribution < 1.29 is 28.4 Å². The van der Waals surface area contributed by atoms with Crippen LogP contribution >= 0.6 is 0 Å². The summed E-state index contributed by atoms with van der Waals surface area (Å²) in [6, 6.07) is 13.1. The SMILES string of the molecule is CN(C(=O)c1cc(-c2ccc(NC(=O)Nc3ccc(F)cc3)cc2)no1)C1(C(=O)O)CCCC1. The molecule has 34 heavy (non-hydrogen) atoms. The molecule has 1 saturated carbocycles. The van der Waals surface area contributed by atoms with Crippen LogP contribution in [0.15, 0.2) is 59.1 Å². The molecule has 0 atom stereocenters. The van der Waals surface area contributed by atoms with E-state index in [0.29, 0.717) is 35.5 Å². The first-order valence-corrected chi connectivity index (χ1v) is 10.7. The van der Waals surface area contributed by atoms with Crippen LogP contribution < -0.4 is 10.6 Å². The average molecular weight is 466 g/mol. The van der Waals surface area contributed by atoms with Crippen molar-refractivity contribution in [2.45, 2.75) is 31.2 Å². The van der Waals surface area contributed by atoms with Crippen molar-refractivity contribution in [3.8, 4) is 11.3 Å². The molecule has 1 heterocycles. The van der Waals surface area contributed by atoms with Gasteiger partial charge >= 0.3 is 12.0 Å². The predicted octanol–water partition coefficient (Wildman–Crippen LogP) is 4.59. The summed E-state index contributed by atoms with van der Waals surface area (Å²) in [5, 5.41) is 18.9. The van der Waals surface area contributed by atoms with E-state index in [-0.39, 0.29) is 5.76 Å². The Hall–Kier alpha value is -4.21. The highest BCUT2D eigenvalue weighted by atomic mass is 19.1. The lowest BCUT2D eigenvalue weighted by Gasteiger charge is -2.34. The maximum atomic E-state index is 13.0. The molecule has 0 unspecified atom stereocenters. The number of urea groups is 1. The molecule has 3 aromatic rings. The topological polar surface area (TPSA) is 125 Å². The maximum absolute atomic E-state index is 13.0. The molecule has 0 aliphatic heterocycles. The summed E-state index contributed by atoms with van der Waals surface area (Å²) < 4.78 is 18.2. The van der Waals surface area contributed by atoms with Crippen LogP contribution in [0.4, 0.5) is 20.6 Å². The number of carboxylic acid groups (broad SMARTS) is 1. The van der Waals surface area contributed by atoms with Crippen molar-refractivity contribution >= 4 is 29.3 Å². The van der Waals surface area contributed by atoms with Crippen LogP contribution in [0, 0.1) is 5.82 Å². The number of halogens is 1. The molecule has 1 fully saturated rings. The zero-order valence-corrected chi connectivity index (χ0v) is 18.4. The fourth-order valence-corrected chi connectivity index (χ4v) is 4.08. The number of carboxylic acids is 1. The molecule has 0 saturated heterocycles. The van der Waals surface area contributed by atoms with Gasteiger partial charge in [0.2, 0.25) is 5.76 Å². The highest BCUT2D eigenvalue weighted by Crippen LogP contribution is 2.36. The molecule has 3 amide bonds. The summed E-state index contributed by atoms with van der Waals surface area (Å²) in [5.41, 5.74) is 0.764. The van der Waals surface area contributed by atoms with Gasteiger partial charge in [0.25, 0.3) is 5.91 Å². The molecule has 4 rings (SSSR count). The van der Waals surface area contributed by atoms with E-state index in [9.17, 15) is 23.9 Å². The Morgan fingerprint density at radius 2 is 1.56 bits per heavy atom. The van der Waals surface area contributed by atoms with E-state index >= 15 is 0 Å². The quantitative estimate of drug-likeness (QED) is 0.488. The van der Waals surface area contributed by atoms with Crippen LogP contribution in [0.3, 0.4) is 0 Å². The monoisotopic (exact) mass is 466 g/mol. The number of rotatable bonds is 6. The Bertz CT molecular complexity index is 1200. The predicted molar refractivity (Wildman–Crippen MR) is 122 cm³/mol. The van der Waals surface area contributed by atoms with Crippen LogP contribution in [0.5, 0.6) is 0 Å². The van der Waals surface area contributed by atoms with Crippen molar-refractivity contribution in [2.24, 2.45) is 0 Å². The minimum atomic E-state index is -1.23. The fourth-order valence-electron chi connectivity index (χ4n) is 4.08. The number of aliphatic carboxylic acids is 1. The van der Waals surface area contributed by atoms with Gasteiger partial charge in [-0.15, -0.1) is 0 Å². The lowest BCUT2D eigenvalue weighted by Crippen LogP contribution is -2.53. The number of carbonyl (C=O) groups is 3. The Kier molecular flexibility index (Phi) is 6.31. The lowest BCUT2D eigenvalue weighted by atomic mass is 9.95. The molecule has 9 nitrogen and oxygen atoms in total. The second-order valence-corrected chi connectivity index (χ2v) is 8.15. The minimum absolute atomic E-state index is 0.0501. The van der Waals surface area contributed by atoms with E-state index in [4.69, 9.17) is 4.52 Å². The Morgan fingerprint density at radius 1 is 1.00 bits per heavy atom. The van der Waals surface area contributed by atoms with Gasteiger partial charge in [0, 0.05) is 30.1 Å². The third-order valence-electron chi connectivity index (χ3n) is 6.04.